The Morgan fingerprint density at radius 1 is 0.911 bits per heavy atom. The number of rotatable bonds is 25. The second-order valence-corrected chi connectivity index (χ2v) is 12.0. The number of allylic oxidation sites excluding steroid dienone is 1. The molecule has 0 saturated heterocycles. The van der Waals surface area contributed by atoms with Crippen LogP contribution in [0.4, 0.5) is 0 Å². The number of benzene rings is 1. The van der Waals surface area contributed by atoms with Gasteiger partial charge in [0.25, 0.3) is 0 Å². The summed E-state index contributed by atoms with van der Waals surface area (Å²) in [6.07, 6.45) is 4.84. The lowest BCUT2D eigenvalue weighted by molar-refractivity contribution is -0.129. The van der Waals surface area contributed by atoms with Crippen molar-refractivity contribution in [2.75, 3.05) is 46.0 Å². The Bertz CT molecular complexity index is 1090. The highest BCUT2D eigenvalue weighted by molar-refractivity contribution is 5.90. The molecule has 0 bridgehead atoms. The number of nitrogens with one attached hydrogen (secondary N) is 5. The van der Waals surface area contributed by atoms with Crippen molar-refractivity contribution in [2.45, 2.75) is 71.8 Å². The molecule has 8 N–H and O–H groups in total. The Morgan fingerprint density at radius 2 is 1.60 bits per heavy atom. The SMILES string of the molecule is C=C(CCCCCN(CC)CO)NCC(=O)NCC(=O)NC(Cc1ccccc1)C(=O)NCC(=C)NCCC(C)(C)CC(N)=O. The van der Waals surface area contributed by atoms with Gasteiger partial charge >= 0.3 is 0 Å². The van der Waals surface area contributed by atoms with Crippen molar-refractivity contribution in [1.29, 1.82) is 0 Å². The van der Waals surface area contributed by atoms with E-state index < -0.39 is 11.9 Å². The number of aliphatic hydroxyl groups excluding tert-OH is 1. The summed E-state index contributed by atoms with van der Waals surface area (Å²) in [6, 6.07) is 8.46. The van der Waals surface area contributed by atoms with Crippen LogP contribution < -0.4 is 32.3 Å². The zero-order valence-electron chi connectivity index (χ0n) is 27.4. The van der Waals surface area contributed by atoms with Crippen LogP contribution >= 0.6 is 0 Å². The Kier molecular flexibility index (Phi) is 18.9. The topological polar surface area (TPSA) is 178 Å². The lowest BCUT2D eigenvalue weighted by atomic mass is 9.85. The lowest BCUT2D eigenvalue weighted by Gasteiger charge is -2.24. The number of aliphatic hydroxyl groups is 1. The monoisotopic (exact) mass is 629 g/mol. The van der Waals surface area contributed by atoms with E-state index in [2.05, 4.69) is 39.7 Å². The summed E-state index contributed by atoms with van der Waals surface area (Å²) in [5.74, 6) is -1.59. The highest BCUT2D eigenvalue weighted by Crippen LogP contribution is 2.23. The highest BCUT2D eigenvalue weighted by atomic mass is 16.3. The molecule has 252 valence electrons. The van der Waals surface area contributed by atoms with E-state index in [1.165, 1.54) is 0 Å². The number of primary amides is 1. The molecule has 0 aliphatic heterocycles. The smallest absolute Gasteiger partial charge is 0.243 e. The molecule has 1 aromatic carbocycles. The first-order chi connectivity index (χ1) is 21.3. The van der Waals surface area contributed by atoms with Crippen molar-refractivity contribution >= 4 is 23.6 Å². The maximum absolute atomic E-state index is 13.1. The fraction of sp³-hybridized carbons (Fsp3) is 0.576. The lowest BCUT2D eigenvalue weighted by Crippen LogP contribution is -2.51. The molecule has 0 aromatic heterocycles. The van der Waals surface area contributed by atoms with Crippen LogP contribution in [0, 0.1) is 5.41 Å². The van der Waals surface area contributed by atoms with Crippen molar-refractivity contribution in [3.05, 3.63) is 60.4 Å². The summed E-state index contributed by atoms with van der Waals surface area (Å²) >= 11 is 0. The van der Waals surface area contributed by atoms with Gasteiger partial charge in [0.05, 0.1) is 26.4 Å². The third-order valence-electron chi connectivity index (χ3n) is 7.29. The summed E-state index contributed by atoms with van der Waals surface area (Å²) in [4.78, 5) is 51.3. The van der Waals surface area contributed by atoms with Crippen LogP contribution in [0.3, 0.4) is 0 Å². The average Bonchev–Trinajstić information content (AvgIpc) is 2.99. The number of nitrogens with zero attached hydrogens (tertiary/aromatic N) is 1. The van der Waals surface area contributed by atoms with Gasteiger partial charge in [0.1, 0.15) is 6.04 Å². The number of amides is 4. The third-order valence-corrected chi connectivity index (χ3v) is 7.29. The van der Waals surface area contributed by atoms with E-state index in [-0.39, 0.29) is 62.3 Å². The van der Waals surface area contributed by atoms with E-state index in [0.717, 1.165) is 50.0 Å². The van der Waals surface area contributed by atoms with E-state index in [4.69, 9.17) is 5.73 Å². The molecule has 0 aliphatic rings. The number of carbonyl (C=O) groups is 4. The maximum atomic E-state index is 13.1. The van der Waals surface area contributed by atoms with Gasteiger partial charge in [0.2, 0.25) is 23.6 Å². The molecule has 0 heterocycles. The van der Waals surface area contributed by atoms with Gasteiger partial charge in [0, 0.05) is 37.3 Å². The van der Waals surface area contributed by atoms with Gasteiger partial charge in [-0.2, -0.15) is 0 Å². The first-order valence-electron chi connectivity index (χ1n) is 15.7. The number of unbranched alkanes of at least 4 members (excludes halogenated alkanes) is 2. The van der Waals surface area contributed by atoms with E-state index >= 15 is 0 Å². The summed E-state index contributed by atoms with van der Waals surface area (Å²) < 4.78 is 0. The first kappa shape index (κ1) is 39.1. The summed E-state index contributed by atoms with van der Waals surface area (Å²) in [7, 11) is 0. The minimum absolute atomic E-state index is 0.0109. The number of carbonyl (C=O) groups excluding carboxylic acids is 4. The van der Waals surface area contributed by atoms with Crippen LogP contribution in [0.5, 0.6) is 0 Å². The minimum atomic E-state index is -0.862. The summed E-state index contributed by atoms with van der Waals surface area (Å²) in [6.45, 7) is 16.0. The third kappa shape index (κ3) is 19.2. The van der Waals surface area contributed by atoms with Crippen LogP contribution in [0.15, 0.2) is 54.9 Å². The van der Waals surface area contributed by atoms with E-state index in [0.29, 0.717) is 18.7 Å². The minimum Gasteiger partial charge on any atom is -0.387 e. The van der Waals surface area contributed by atoms with Crippen LogP contribution in [-0.2, 0) is 25.6 Å². The van der Waals surface area contributed by atoms with Crippen molar-refractivity contribution in [3.63, 3.8) is 0 Å². The normalized spacial score (nSPS) is 11.8. The molecule has 12 heteroatoms. The van der Waals surface area contributed by atoms with Gasteiger partial charge < -0.3 is 37.4 Å². The molecule has 12 nitrogen and oxygen atoms in total. The van der Waals surface area contributed by atoms with E-state index in [1.54, 1.807) is 0 Å². The van der Waals surface area contributed by atoms with Crippen LogP contribution in [0.2, 0.25) is 0 Å². The Labute approximate surface area is 268 Å². The number of hydrogen-bond donors (Lipinski definition) is 7. The van der Waals surface area contributed by atoms with Crippen molar-refractivity contribution in [2.24, 2.45) is 11.1 Å². The average molecular weight is 630 g/mol. The Balaban J connectivity index is 2.48. The molecule has 1 rings (SSSR count). The predicted octanol–water partition coefficient (Wildman–Crippen LogP) is 1.28. The molecule has 1 aromatic rings. The van der Waals surface area contributed by atoms with Crippen LogP contribution in [0.25, 0.3) is 0 Å². The van der Waals surface area contributed by atoms with E-state index in [9.17, 15) is 24.3 Å². The summed E-state index contributed by atoms with van der Waals surface area (Å²) in [5.41, 5.74) is 7.26. The van der Waals surface area contributed by atoms with Gasteiger partial charge in [-0.05, 0) is 43.2 Å². The van der Waals surface area contributed by atoms with Crippen LogP contribution in [0.1, 0.15) is 64.9 Å². The molecular formula is C33H55N7O5. The number of hydrogen-bond acceptors (Lipinski definition) is 8. The molecule has 0 spiro atoms. The van der Waals surface area contributed by atoms with Crippen molar-refractivity contribution in [1.82, 2.24) is 31.5 Å². The van der Waals surface area contributed by atoms with Gasteiger partial charge in [-0.15, -0.1) is 0 Å². The zero-order valence-corrected chi connectivity index (χ0v) is 27.4. The van der Waals surface area contributed by atoms with Gasteiger partial charge in [-0.25, -0.2) is 0 Å². The molecule has 45 heavy (non-hydrogen) atoms. The molecule has 1 unspecified atom stereocenters. The Hall–Kier alpha value is -3.90. The number of nitrogens with two attached hydrogens (primary N) is 1. The molecule has 4 amide bonds. The zero-order chi connectivity index (χ0) is 33.7. The van der Waals surface area contributed by atoms with Crippen LogP contribution in [-0.4, -0.2) is 85.7 Å². The van der Waals surface area contributed by atoms with Crippen molar-refractivity contribution in [3.8, 4) is 0 Å². The molecule has 0 fully saturated rings. The maximum Gasteiger partial charge on any atom is 0.243 e. The summed E-state index contributed by atoms with van der Waals surface area (Å²) in [5, 5.41) is 23.5. The van der Waals surface area contributed by atoms with Gasteiger partial charge in [0.15, 0.2) is 0 Å². The highest BCUT2D eigenvalue weighted by Gasteiger charge is 2.22. The Morgan fingerprint density at radius 3 is 2.24 bits per heavy atom. The quantitative estimate of drug-likeness (QED) is 0.0625. The van der Waals surface area contributed by atoms with Crippen molar-refractivity contribution < 1.29 is 24.3 Å². The molecule has 1 atom stereocenters. The fourth-order valence-corrected chi connectivity index (χ4v) is 4.54. The molecule has 0 radical (unpaired) electrons. The second kappa shape index (κ2) is 21.7. The molecule has 0 saturated carbocycles. The van der Waals surface area contributed by atoms with Gasteiger partial charge in [-0.3, -0.25) is 24.1 Å². The largest absolute Gasteiger partial charge is 0.387 e. The predicted molar refractivity (Wildman–Crippen MR) is 177 cm³/mol. The standard InChI is InChI=1S/C33H55N7O5/c1-6-40(24-41)18-12-8-9-13-25(2)36-22-30(43)37-23-31(44)39-28(19-27-14-10-7-11-15-27)32(45)38-21-26(3)35-17-16-33(4,5)20-29(34)42/h7,10-11,14-15,28,35-36,41H,2-3,6,8-9,12-13,16-24H2,1,4-5H3,(H2,34,42)(H,37,43)(H,38,45)(H,39,44). The molecular weight excluding hydrogens is 574 g/mol. The fourth-order valence-electron chi connectivity index (χ4n) is 4.54. The van der Waals surface area contributed by atoms with Gasteiger partial charge in [-0.1, -0.05) is 70.7 Å². The van der Waals surface area contributed by atoms with E-state index in [1.807, 2.05) is 56.0 Å². The second-order valence-electron chi connectivity index (χ2n) is 12.0. The first-order valence-corrected chi connectivity index (χ1v) is 15.7. The molecule has 0 aliphatic carbocycles.